The van der Waals surface area contributed by atoms with Crippen LogP contribution in [0.3, 0.4) is 0 Å². The Balaban J connectivity index is 3.44. The van der Waals surface area contributed by atoms with E-state index in [4.69, 9.17) is 0 Å². The van der Waals surface area contributed by atoms with E-state index in [0.29, 0.717) is 0 Å². The molecule has 0 atom stereocenters. The number of hydrogen-bond acceptors (Lipinski definition) is 2. The van der Waals surface area contributed by atoms with Gasteiger partial charge in [0.25, 0.3) is 0 Å². The molecule has 0 saturated carbocycles. The molecule has 0 fully saturated rings. The molecule has 0 aromatic heterocycles. The van der Waals surface area contributed by atoms with Gasteiger partial charge in [-0.25, -0.2) is 4.39 Å². The summed E-state index contributed by atoms with van der Waals surface area (Å²) >= 11 is 0. The molecule has 0 aliphatic carbocycles. The number of benzene rings is 1. The number of halogens is 4. The zero-order valence-corrected chi connectivity index (χ0v) is 8.48. The number of alkyl halides is 3. The largest absolute Gasteiger partial charge is 0.496 e. The number of ketones is 1. The van der Waals surface area contributed by atoms with Gasteiger partial charge in [0.2, 0.25) is 0 Å². The molecule has 0 amide bonds. The quantitative estimate of drug-likeness (QED) is 0.582. The summed E-state index contributed by atoms with van der Waals surface area (Å²) in [6.45, 7) is 1.06. The van der Waals surface area contributed by atoms with E-state index in [2.05, 4.69) is 4.74 Å². The van der Waals surface area contributed by atoms with Gasteiger partial charge >= 0.3 is 6.18 Å². The summed E-state index contributed by atoms with van der Waals surface area (Å²) in [6, 6.07) is 1.01. The van der Waals surface area contributed by atoms with Crippen molar-refractivity contribution in [1.29, 1.82) is 0 Å². The third-order valence-electron chi connectivity index (χ3n) is 1.97. The number of methoxy groups -OCH3 is 1. The van der Waals surface area contributed by atoms with Crippen LogP contribution in [0.5, 0.6) is 5.75 Å². The highest BCUT2D eigenvalue weighted by Crippen LogP contribution is 2.37. The minimum absolute atomic E-state index is 0.259. The van der Waals surface area contributed by atoms with Crippen LogP contribution in [-0.4, -0.2) is 12.9 Å². The third-order valence-corrected chi connectivity index (χ3v) is 1.97. The van der Waals surface area contributed by atoms with Crippen molar-refractivity contribution in [3.05, 3.63) is 29.1 Å². The molecule has 1 aromatic carbocycles. The van der Waals surface area contributed by atoms with Gasteiger partial charge in [-0.3, -0.25) is 4.79 Å². The van der Waals surface area contributed by atoms with Crippen LogP contribution >= 0.6 is 0 Å². The predicted octanol–water partition coefficient (Wildman–Crippen LogP) is 3.06. The molecular formula is C10H8F4O2. The van der Waals surface area contributed by atoms with Gasteiger partial charge in [-0.1, -0.05) is 0 Å². The van der Waals surface area contributed by atoms with Crippen LogP contribution in [0.2, 0.25) is 0 Å². The SMILES string of the molecule is COc1cc(C(C)=O)c(F)cc1C(F)(F)F. The van der Waals surface area contributed by atoms with E-state index in [9.17, 15) is 22.4 Å². The number of carbonyl (C=O) groups is 1. The van der Waals surface area contributed by atoms with E-state index in [1.807, 2.05) is 0 Å². The van der Waals surface area contributed by atoms with Gasteiger partial charge in [0.15, 0.2) is 5.78 Å². The van der Waals surface area contributed by atoms with Crippen LogP contribution in [0, 0.1) is 5.82 Å². The topological polar surface area (TPSA) is 26.3 Å². The van der Waals surface area contributed by atoms with Gasteiger partial charge in [0, 0.05) is 0 Å². The molecule has 0 heterocycles. The first-order chi connectivity index (χ1) is 7.27. The van der Waals surface area contributed by atoms with Crippen molar-refractivity contribution in [3.63, 3.8) is 0 Å². The summed E-state index contributed by atoms with van der Waals surface area (Å²) in [4.78, 5) is 10.9. The lowest BCUT2D eigenvalue weighted by molar-refractivity contribution is -0.139. The average molecular weight is 236 g/mol. The fourth-order valence-corrected chi connectivity index (χ4v) is 1.21. The molecule has 1 aromatic rings. The van der Waals surface area contributed by atoms with Crippen molar-refractivity contribution >= 4 is 5.78 Å². The zero-order valence-electron chi connectivity index (χ0n) is 8.48. The maximum absolute atomic E-state index is 13.2. The van der Waals surface area contributed by atoms with E-state index in [-0.39, 0.29) is 6.07 Å². The van der Waals surface area contributed by atoms with Crippen LogP contribution in [0.1, 0.15) is 22.8 Å². The molecule has 1 rings (SSSR count). The summed E-state index contributed by atoms with van der Waals surface area (Å²) in [5.41, 5.74) is -1.66. The predicted molar refractivity (Wildman–Crippen MR) is 48.0 cm³/mol. The van der Waals surface area contributed by atoms with Crippen molar-refractivity contribution in [2.75, 3.05) is 7.11 Å². The number of hydrogen-bond donors (Lipinski definition) is 0. The molecule has 0 spiro atoms. The van der Waals surface area contributed by atoms with Crippen LogP contribution in [0.4, 0.5) is 17.6 Å². The molecule has 0 saturated heterocycles. The van der Waals surface area contributed by atoms with Crippen LogP contribution < -0.4 is 4.74 Å². The Bertz CT molecular complexity index is 424. The standard InChI is InChI=1S/C10H8F4O2/c1-5(15)6-3-9(16-2)7(4-8(6)11)10(12,13)14/h3-4H,1-2H3. The summed E-state index contributed by atoms with van der Waals surface area (Å²) < 4.78 is 54.9. The normalized spacial score (nSPS) is 11.4. The van der Waals surface area contributed by atoms with Crippen LogP contribution in [-0.2, 0) is 6.18 Å². The number of rotatable bonds is 2. The Morgan fingerprint density at radius 2 is 1.88 bits per heavy atom. The second-order valence-corrected chi connectivity index (χ2v) is 3.09. The lowest BCUT2D eigenvalue weighted by atomic mass is 10.1. The number of carbonyl (C=O) groups excluding carboxylic acids is 1. The first-order valence-electron chi connectivity index (χ1n) is 4.23. The van der Waals surface area contributed by atoms with Gasteiger partial charge in [0.05, 0.1) is 12.7 Å². The van der Waals surface area contributed by atoms with Crippen molar-refractivity contribution in [2.45, 2.75) is 13.1 Å². The Morgan fingerprint density at radius 1 is 1.31 bits per heavy atom. The molecule has 2 nitrogen and oxygen atoms in total. The lowest BCUT2D eigenvalue weighted by Crippen LogP contribution is -2.10. The molecule has 0 aliphatic rings. The van der Waals surface area contributed by atoms with Crippen LogP contribution in [0.15, 0.2) is 12.1 Å². The van der Waals surface area contributed by atoms with Crippen molar-refractivity contribution < 1.29 is 27.1 Å². The molecule has 0 bridgehead atoms. The number of ether oxygens (including phenoxy) is 1. The molecule has 16 heavy (non-hydrogen) atoms. The summed E-state index contributed by atoms with van der Waals surface area (Å²) in [5.74, 6) is -2.44. The third kappa shape index (κ3) is 2.32. The molecule has 0 unspecified atom stereocenters. The summed E-state index contributed by atoms with van der Waals surface area (Å²) in [6.07, 6.45) is -4.72. The lowest BCUT2D eigenvalue weighted by Gasteiger charge is -2.13. The second-order valence-electron chi connectivity index (χ2n) is 3.09. The Labute approximate surface area is 88.8 Å². The van der Waals surface area contributed by atoms with E-state index in [0.717, 1.165) is 20.1 Å². The average Bonchev–Trinajstić information content (AvgIpc) is 2.15. The Hall–Kier alpha value is -1.59. The van der Waals surface area contributed by atoms with E-state index >= 15 is 0 Å². The summed E-state index contributed by atoms with van der Waals surface area (Å²) in [5, 5.41) is 0. The molecule has 0 N–H and O–H groups in total. The summed E-state index contributed by atoms with van der Waals surface area (Å²) in [7, 11) is 1.02. The number of Topliss-reactive ketones (excluding diaryl/α,β-unsaturated/α-hetero) is 1. The maximum Gasteiger partial charge on any atom is 0.420 e. The van der Waals surface area contributed by atoms with Crippen molar-refractivity contribution in [1.82, 2.24) is 0 Å². The maximum atomic E-state index is 13.2. The highest BCUT2D eigenvalue weighted by molar-refractivity contribution is 5.94. The van der Waals surface area contributed by atoms with Crippen molar-refractivity contribution in [3.8, 4) is 5.75 Å². The van der Waals surface area contributed by atoms with Gasteiger partial charge in [-0.15, -0.1) is 0 Å². The first-order valence-corrected chi connectivity index (χ1v) is 4.23. The van der Waals surface area contributed by atoms with Gasteiger partial charge < -0.3 is 4.74 Å². The molecule has 0 aliphatic heterocycles. The van der Waals surface area contributed by atoms with E-state index in [1.165, 1.54) is 0 Å². The highest BCUT2D eigenvalue weighted by atomic mass is 19.4. The Kier molecular flexibility index (Phi) is 3.21. The second kappa shape index (κ2) is 4.11. The Morgan fingerprint density at radius 3 is 2.25 bits per heavy atom. The van der Waals surface area contributed by atoms with E-state index in [1.54, 1.807) is 0 Å². The van der Waals surface area contributed by atoms with Gasteiger partial charge in [0.1, 0.15) is 17.1 Å². The highest BCUT2D eigenvalue weighted by Gasteiger charge is 2.35. The van der Waals surface area contributed by atoms with E-state index < -0.39 is 34.7 Å². The molecule has 88 valence electrons. The van der Waals surface area contributed by atoms with Crippen LogP contribution in [0.25, 0.3) is 0 Å². The fraction of sp³-hybridized carbons (Fsp3) is 0.300. The van der Waals surface area contributed by atoms with Gasteiger partial charge in [-0.05, 0) is 19.1 Å². The monoisotopic (exact) mass is 236 g/mol. The first kappa shape index (κ1) is 12.5. The zero-order chi connectivity index (χ0) is 12.5. The van der Waals surface area contributed by atoms with Gasteiger partial charge in [-0.2, -0.15) is 13.2 Å². The molecular weight excluding hydrogens is 228 g/mol. The van der Waals surface area contributed by atoms with Crippen molar-refractivity contribution in [2.24, 2.45) is 0 Å². The minimum Gasteiger partial charge on any atom is -0.496 e. The minimum atomic E-state index is -4.72. The molecule has 0 radical (unpaired) electrons. The fourth-order valence-electron chi connectivity index (χ4n) is 1.21. The smallest absolute Gasteiger partial charge is 0.420 e. The molecule has 6 heteroatoms.